The monoisotopic (exact) mass is 362 g/mol. The molecule has 0 aromatic heterocycles. The normalized spacial score (nSPS) is 10.2. The van der Waals surface area contributed by atoms with Crippen LogP contribution in [0.3, 0.4) is 0 Å². The van der Waals surface area contributed by atoms with E-state index >= 15 is 0 Å². The summed E-state index contributed by atoms with van der Waals surface area (Å²) in [5, 5.41) is 5.64. The second kappa shape index (κ2) is 8.36. The fourth-order valence-corrected chi connectivity index (χ4v) is 3.33. The number of carbonyl (C=O) groups excluding carboxylic acids is 2. The van der Waals surface area contributed by atoms with Gasteiger partial charge in [0.25, 0.3) is 5.91 Å². The summed E-state index contributed by atoms with van der Waals surface area (Å²) in [4.78, 5) is 25.9. The quantitative estimate of drug-likeness (QED) is 0.668. The molecule has 0 spiro atoms. The summed E-state index contributed by atoms with van der Waals surface area (Å²) < 4.78 is 0. The van der Waals surface area contributed by atoms with Gasteiger partial charge in [-0.3, -0.25) is 9.59 Å². The zero-order valence-electron chi connectivity index (χ0n) is 14.2. The van der Waals surface area contributed by atoms with E-state index in [0.29, 0.717) is 11.3 Å². The number of hydrogen-bond acceptors (Lipinski definition) is 3. The molecule has 4 nitrogen and oxygen atoms in total. The molecule has 0 fully saturated rings. The lowest BCUT2D eigenvalue weighted by atomic mass is 10.2. The first kappa shape index (κ1) is 17.8. The smallest absolute Gasteiger partial charge is 0.255 e. The Morgan fingerprint density at radius 2 is 1.54 bits per heavy atom. The molecule has 3 aromatic carbocycles. The molecule has 0 bridgehead atoms. The van der Waals surface area contributed by atoms with Gasteiger partial charge in [-0.1, -0.05) is 48.2 Å². The highest BCUT2D eigenvalue weighted by Gasteiger charge is 2.11. The summed E-state index contributed by atoms with van der Waals surface area (Å²) in [6.07, 6.45) is 0. The molecule has 0 heterocycles. The van der Waals surface area contributed by atoms with Crippen LogP contribution in [0.4, 0.5) is 11.4 Å². The number of anilines is 2. The topological polar surface area (TPSA) is 58.2 Å². The van der Waals surface area contributed by atoms with Gasteiger partial charge in [0.1, 0.15) is 0 Å². The summed E-state index contributed by atoms with van der Waals surface area (Å²) in [6.45, 7) is 1.43. The molecule has 130 valence electrons. The molecule has 0 unspecified atom stereocenters. The molecule has 3 rings (SSSR count). The van der Waals surface area contributed by atoms with Crippen molar-refractivity contribution in [3.63, 3.8) is 0 Å². The van der Waals surface area contributed by atoms with Gasteiger partial charge in [0.2, 0.25) is 5.91 Å². The van der Waals surface area contributed by atoms with Gasteiger partial charge in [0.15, 0.2) is 0 Å². The number of hydrogen-bond donors (Lipinski definition) is 2. The van der Waals surface area contributed by atoms with Crippen molar-refractivity contribution in [2.24, 2.45) is 0 Å². The average Bonchev–Trinajstić information content (AvgIpc) is 2.64. The summed E-state index contributed by atoms with van der Waals surface area (Å²) in [5.74, 6) is -0.398. The molecule has 5 heteroatoms. The first-order chi connectivity index (χ1) is 12.6. The van der Waals surface area contributed by atoms with E-state index in [4.69, 9.17) is 0 Å². The molecule has 2 amide bonds. The summed E-state index contributed by atoms with van der Waals surface area (Å²) in [7, 11) is 0. The third kappa shape index (κ3) is 4.74. The predicted molar refractivity (Wildman–Crippen MR) is 106 cm³/mol. The SMILES string of the molecule is CC(=O)Nc1cccc(C(=O)Nc2ccccc2Sc2ccccc2)c1. The van der Waals surface area contributed by atoms with Crippen LogP contribution in [-0.2, 0) is 4.79 Å². The van der Waals surface area contributed by atoms with Crippen LogP contribution in [0.25, 0.3) is 0 Å². The predicted octanol–water partition coefficient (Wildman–Crippen LogP) is 5.05. The van der Waals surface area contributed by atoms with Crippen LogP contribution in [0.15, 0.2) is 88.7 Å². The molecule has 0 saturated carbocycles. The van der Waals surface area contributed by atoms with Gasteiger partial charge in [-0.25, -0.2) is 0 Å². The Labute approximate surface area is 156 Å². The third-order valence-electron chi connectivity index (χ3n) is 3.55. The molecular weight excluding hydrogens is 344 g/mol. The maximum absolute atomic E-state index is 12.6. The lowest BCUT2D eigenvalue weighted by Gasteiger charge is -2.11. The Hall–Kier alpha value is -3.05. The van der Waals surface area contributed by atoms with Crippen molar-refractivity contribution in [1.29, 1.82) is 0 Å². The highest BCUT2D eigenvalue weighted by Crippen LogP contribution is 2.33. The lowest BCUT2D eigenvalue weighted by Crippen LogP contribution is -2.13. The molecular formula is C21H18N2O2S. The zero-order chi connectivity index (χ0) is 18.4. The zero-order valence-corrected chi connectivity index (χ0v) is 15.0. The molecule has 0 aliphatic heterocycles. The van der Waals surface area contributed by atoms with Gasteiger partial charge < -0.3 is 10.6 Å². The number of benzene rings is 3. The van der Waals surface area contributed by atoms with Crippen LogP contribution in [0.2, 0.25) is 0 Å². The summed E-state index contributed by atoms with van der Waals surface area (Å²) >= 11 is 1.59. The van der Waals surface area contributed by atoms with Gasteiger partial charge in [-0.05, 0) is 42.5 Å². The highest BCUT2D eigenvalue weighted by molar-refractivity contribution is 7.99. The van der Waals surface area contributed by atoms with Crippen LogP contribution in [0.5, 0.6) is 0 Å². The van der Waals surface area contributed by atoms with Crippen molar-refractivity contribution in [2.75, 3.05) is 10.6 Å². The van der Waals surface area contributed by atoms with Gasteiger partial charge >= 0.3 is 0 Å². The Morgan fingerprint density at radius 3 is 2.31 bits per heavy atom. The largest absolute Gasteiger partial charge is 0.326 e. The molecule has 0 saturated heterocycles. The van der Waals surface area contributed by atoms with Crippen molar-refractivity contribution >= 4 is 35.0 Å². The fourth-order valence-electron chi connectivity index (χ4n) is 2.41. The first-order valence-corrected chi connectivity index (χ1v) is 8.94. The second-order valence-corrected chi connectivity index (χ2v) is 6.74. The molecule has 26 heavy (non-hydrogen) atoms. The Morgan fingerprint density at radius 1 is 0.808 bits per heavy atom. The summed E-state index contributed by atoms with van der Waals surface area (Å²) in [5.41, 5.74) is 1.82. The van der Waals surface area contributed by atoms with Crippen molar-refractivity contribution in [2.45, 2.75) is 16.7 Å². The van der Waals surface area contributed by atoms with Crippen LogP contribution < -0.4 is 10.6 Å². The third-order valence-corrected chi connectivity index (χ3v) is 4.64. The standard InChI is InChI=1S/C21H18N2O2S/c1-15(24)22-17-9-7-8-16(14-17)21(25)23-19-12-5-6-13-20(19)26-18-10-3-2-4-11-18/h2-14H,1H3,(H,22,24)(H,23,25). The van der Waals surface area contributed by atoms with Crippen LogP contribution >= 0.6 is 11.8 Å². The van der Waals surface area contributed by atoms with E-state index in [1.807, 2.05) is 54.6 Å². The van der Waals surface area contributed by atoms with Crippen molar-refractivity contribution in [1.82, 2.24) is 0 Å². The van der Waals surface area contributed by atoms with Gasteiger partial charge in [0.05, 0.1) is 5.69 Å². The van der Waals surface area contributed by atoms with E-state index in [9.17, 15) is 9.59 Å². The Balaban J connectivity index is 1.79. The van der Waals surface area contributed by atoms with Gasteiger partial charge in [0, 0.05) is 28.0 Å². The first-order valence-electron chi connectivity index (χ1n) is 8.13. The molecule has 2 N–H and O–H groups in total. The Bertz CT molecular complexity index is 926. The number of nitrogens with one attached hydrogen (secondary N) is 2. The van der Waals surface area contributed by atoms with E-state index < -0.39 is 0 Å². The van der Waals surface area contributed by atoms with E-state index in [2.05, 4.69) is 10.6 Å². The minimum Gasteiger partial charge on any atom is -0.326 e. The van der Waals surface area contributed by atoms with E-state index in [1.165, 1.54) is 6.92 Å². The molecule has 0 radical (unpaired) electrons. The number of amides is 2. The van der Waals surface area contributed by atoms with Gasteiger partial charge in [-0.2, -0.15) is 0 Å². The average molecular weight is 362 g/mol. The van der Waals surface area contributed by atoms with Crippen molar-refractivity contribution in [3.8, 4) is 0 Å². The highest BCUT2D eigenvalue weighted by atomic mass is 32.2. The number of para-hydroxylation sites is 1. The molecule has 3 aromatic rings. The van der Waals surface area contributed by atoms with Crippen LogP contribution in [0.1, 0.15) is 17.3 Å². The van der Waals surface area contributed by atoms with E-state index in [-0.39, 0.29) is 11.8 Å². The second-order valence-electron chi connectivity index (χ2n) is 5.63. The molecule has 0 aliphatic carbocycles. The molecule has 0 aliphatic rings. The van der Waals surface area contributed by atoms with Crippen LogP contribution in [-0.4, -0.2) is 11.8 Å². The number of rotatable bonds is 5. The maximum atomic E-state index is 12.6. The van der Waals surface area contributed by atoms with Gasteiger partial charge in [-0.15, -0.1) is 0 Å². The minimum atomic E-state index is -0.224. The maximum Gasteiger partial charge on any atom is 0.255 e. The Kier molecular flexibility index (Phi) is 5.71. The summed E-state index contributed by atoms with van der Waals surface area (Å²) in [6, 6.07) is 24.5. The molecule has 0 atom stereocenters. The van der Waals surface area contributed by atoms with Crippen molar-refractivity contribution < 1.29 is 9.59 Å². The van der Waals surface area contributed by atoms with E-state index in [1.54, 1.807) is 36.0 Å². The van der Waals surface area contributed by atoms with E-state index in [0.717, 1.165) is 15.5 Å². The number of carbonyl (C=O) groups is 2. The van der Waals surface area contributed by atoms with Crippen molar-refractivity contribution in [3.05, 3.63) is 84.4 Å². The van der Waals surface area contributed by atoms with Crippen LogP contribution in [0, 0.1) is 0 Å². The minimum absolute atomic E-state index is 0.174. The fraction of sp³-hybridized carbons (Fsp3) is 0.0476. The lowest BCUT2D eigenvalue weighted by molar-refractivity contribution is -0.114.